The Balaban J connectivity index is 1.01. The molecule has 5 saturated heterocycles. The van der Waals surface area contributed by atoms with Gasteiger partial charge in [0, 0.05) is 72.6 Å². The molecule has 15 rings (SSSR count). The van der Waals surface area contributed by atoms with Gasteiger partial charge in [-0.25, -0.2) is 0 Å². The molecule has 2 spiro atoms. The quantitative estimate of drug-likeness (QED) is 0.285. The lowest BCUT2D eigenvalue weighted by atomic mass is 9.52. The Morgan fingerprint density at radius 1 is 0.615 bits per heavy atom. The Kier molecular flexibility index (Phi) is 5.02. The number of hydrogen-bond acceptors (Lipinski definition) is 4. The van der Waals surface area contributed by atoms with Gasteiger partial charge in [-0.2, -0.15) is 0 Å². The van der Waals surface area contributed by atoms with Gasteiger partial charge in [-0.1, -0.05) is 48.6 Å². The summed E-state index contributed by atoms with van der Waals surface area (Å²) in [4.78, 5) is 6.10. The third-order valence-corrected chi connectivity index (χ3v) is 19.1. The van der Waals surface area contributed by atoms with Crippen LogP contribution in [0.5, 0.6) is 0 Å². The van der Waals surface area contributed by atoms with E-state index in [2.05, 4.69) is 70.5 Å². The van der Waals surface area contributed by atoms with Crippen LogP contribution in [0.4, 0.5) is 11.4 Å². The van der Waals surface area contributed by atoms with Gasteiger partial charge in [-0.15, -0.1) is 0 Å². The average Bonchev–Trinajstić information content (AvgIpc) is 4.07. The van der Waals surface area contributed by atoms with E-state index in [4.69, 9.17) is 9.47 Å². The van der Waals surface area contributed by atoms with E-state index in [1.807, 2.05) is 0 Å². The van der Waals surface area contributed by atoms with Gasteiger partial charge in [-0.3, -0.25) is 0 Å². The molecular formula is C46H54N4O2+2. The van der Waals surface area contributed by atoms with Gasteiger partial charge in [0.1, 0.15) is 37.6 Å². The van der Waals surface area contributed by atoms with Crippen LogP contribution in [0.3, 0.4) is 0 Å². The molecule has 6 nitrogen and oxygen atoms in total. The van der Waals surface area contributed by atoms with Crippen molar-refractivity contribution in [2.75, 3.05) is 62.3 Å². The molecule has 6 heteroatoms. The fourth-order valence-electron chi connectivity index (χ4n) is 17.5. The molecule has 4 saturated carbocycles. The van der Waals surface area contributed by atoms with Crippen molar-refractivity contribution in [2.45, 2.75) is 98.8 Å². The van der Waals surface area contributed by atoms with Gasteiger partial charge < -0.3 is 28.2 Å². The lowest BCUT2D eigenvalue weighted by molar-refractivity contribution is -0.944. The lowest BCUT2D eigenvalue weighted by Gasteiger charge is -2.65. The molecule has 14 atom stereocenters. The lowest BCUT2D eigenvalue weighted by Crippen LogP contribution is -2.78. The van der Waals surface area contributed by atoms with E-state index in [1.54, 1.807) is 22.3 Å². The van der Waals surface area contributed by atoms with Gasteiger partial charge >= 0.3 is 0 Å². The van der Waals surface area contributed by atoms with Crippen LogP contribution < -0.4 is 9.80 Å². The maximum atomic E-state index is 7.61. The highest BCUT2D eigenvalue weighted by Gasteiger charge is 2.81. The van der Waals surface area contributed by atoms with E-state index in [1.165, 1.54) is 111 Å². The van der Waals surface area contributed by atoms with Gasteiger partial charge in [0.05, 0.1) is 62.3 Å². The summed E-state index contributed by atoms with van der Waals surface area (Å²) in [6, 6.07) is 22.0. The minimum absolute atomic E-state index is 0.0920. The molecule has 4 bridgehead atoms. The average molecular weight is 695 g/mol. The Hall–Kier alpha value is -2.64. The molecule has 0 radical (unpaired) electrons. The zero-order valence-electron chi connectivity index (χ0n) is 30.6. The number of fused-ring (bicyclic) bond motifs is 6. The van der Waals surface area contributed by atoms with Crippen molar-refractivity contribution in [3.8, 4) is 0 Å². The zero-order chi connectivity index (χ0) is 33.3. The van der Waals surface area contributed by atoms with E-state index in [-0.39, 0.29) is 23.3 Å². The van der Waals surface area contributed by atoms with Crippen LogP contribution in [0, 0.1) is 35.5 Å². The summed E-state index contributed by atoms with van der Waals surface area (Å²) in [6.45, 7) is 9.63. The van der Waals surface area contributed by atoms with Crippen LogP contribution in [0.25, 0.3) is 0 Å². The van der Waals surface area contributed by atoms with E-state index >= 15 is 0 Å². The Bertz CT molecular complexity index is 1890. The number of piperidine rings is 2. The SMILES string of the molecule is C1=C2C[N+]3(CC4CC4)CC[C@]45c6ccccc6N6[C@@H]7OCC=C8C[N+]9(CC%10CC%10)CC[C@]%10%11c%12ccccc%12N([C@H](OC1)[C@@H]([C@H]64)[C@H]2C[C@@H]53)[C@H]%10[C@H]7[C@H]8C[C@@H]%119. The molecule has 2 aromatic carbocycles. The van der Waals surface area contributed by atoms with Gasteiger partial charge in [0.15, 0.2) is 0 Å². The van der Waals surface area contributed by atoms with Crippen molar-refractivity contribution in [2.24, 2.45) is 35.5 Å². The number of quaternary nitrogens is 2. The van der Waals surface area contributed by atoms with Crippen molar-refractivity contribution < 1.29 is 18.4 Å². The topological polar surface area (TPSA) is 24.9 Å². The normalized spacial score (nSPS) is 51.5. The van der Waals surface area contributed by atoms with Crippen LogP contribution in [-0.4, -0.2) is 98.1 Å². The number of anilines is 2. The van der Waals surface area contributed by atoms with Gasteiger partial charge in [-0.05, 0) is 60.1 Å². The summed E-state index contributed by atoms with van der Waals surface area (Å²) in [5.41, 5.74) is 10.3. The van der Waals surface area contributed by atoms with Gasteiger partial charge in [0.25, 0.3) is 0 Å². The monoisotopic (exact) mass is 694 g/mol. The van der Waals surface area contributed by atoms with Gasteiger partial charge in [0.2, 0.25) is 0 Å². The highest BCUT2D eigenvalue weighted by Crippen LogP contribution is 2.73. The minimum Gasteiger partial charge on any atom is -0.354 e. The smallest absolute Gasteiger partial charge is 0.136 e. The molecule has 0 N–H and O–H groups in total. The molecule has 4 aliphatic carbocycles. The van der Waals surface area contributed by atoms with Crippen LogP contribution >= 0.6 is 0 Å². The summed E-state index contributed by atoms with van der Waals surface area (Å²) in [5.74, 6) is 3.91. The molecule has 2 aromatic rings. The molecule has 9 fully saturated rings. The second-order valence-corrected chi connectivity index (χ2v) is 20.6. The first-order valence-electron chi connectivity index (χ1n) is 21.7. The van der Waals surface area contributed by atoms with Crippen molar-refractivity contribution in [1.29, 1.82) is 0 Å². The number of nitrogens with zero attached hydrogens (tertiary/aromatic N) is 4. The van der Waals surface area contributed by atoms with Crippen molar-refractivity contribution >= 4 is 11.4 Å². The fourth-order valence-corrected chi connectivity index (χ4v) is 17.5. The summed E-state index contributed by atoms with van der Waals surface area (Å²) >= 11 is 0. The largest absolute Gasteiger partial charge is 0.354 e. The maximum absolute atomic E-state index is 7.61. The number of benzene rings is 2. The molecule has 9 heterocycles. The summed E-state index contributed by atoms with van der Waals surface area (Å²) in [7, 11) is 0. The van der Waals surface area contributed by atoms with Crippen molar-refractivity contribution in [3.05, 3.63) is 83.0 Å². The third kappa shape index (κ3) is 3.03. The fraction of sp³-hybridized carbons (Fsp3) is 0.652. The first-order valence-corrected chi connectivity index (χ1v) is 21.7. The number of ether oxygens (including phenoxy) is 2. The first kappa shape index (κ1) is 28.8. The highest BCUT2D eigenvalue weighted by molar-refractivity contribution is 5.72. The second kappa shape index (κ2) is 9.07. The summed E-state index contributed by atoms with van der Waals surface area (Å²) in [5, 5.41) is 0. The van der Waals surface area contributed by atoms with E-state index < -0.39 is 0 Å². The zero-order valence-corrected chi connectivity index (χ0v) is 30.6. The molecule has 2 unspecified atom stereocenters. The van der Waals surface area contributed by atoms with E-state index in [9.17, 15) is 0 Å². The number of para-hydroxylation sites is 2. The standard InChI is InChI=1S/C46H54N4O2/c1-3-7-35-33(5-1)45-15-17-49(23-27-9-10-27)25-29-14-20-52-44-39(31(29)21-37(45)49)41(45)47(35)43-40-32-22-38-46(34-6-2-4-8-36(34)48(44)42(40)46)16-18-50(38,24-28-11-12-28)26-30(32)13-19-51-43/h1-8,13-14,27-28,31-32,37-44H,9-12,15-26H2/q+2/t31-,32-,37-,38-,39+,40+,41-,42-,43+,44+,45+,46+,49?,50?/m0/s1. The van der Waals surface area contributed by atoms with E-state index in [0.717, 1.165) is 25.0 Å². The predicted molar refractivity (Wildman–Crippen MR) is 200 cm³/mol. The van der Waals surface area contributed by atoms with E-state index in [0.29, 0.717) is 47.8 Å². The Labute approximate surface area is 308 Å². The van der Waals surface area contributed by atoms with Crippen LogP contribution in [0.2, 0.25) is 0 Å². The highest BCUT2D eigenvalue weighted by atomic mass is 16.5. The first-order chi connectivity index (χ1) is 25.6. The van der Waals surface area contributed by atoms with Crippen LogP contribution in [-0.2, 0) is 20.3 Å². The Morgan fingerprint density at radius 2 is 1.08 bits per heavy atom. The molecule has 268 valence electrons. The second-order valence-electron chi connectivity index (χ2n) is 20.6. The van der Waals surface area contributed by atoms with Crippen LogP contribution in [0.1, 0.15) is 62.5 Å². The summed E-state index contributed by atoms with van der Waals surface area (Å²) < 4.78 is 17.9. The molecule has 0 aromatic heterocycles. The molecule has 52 heavy (non-hydrogen) atoms. The minimum atomic E-state index is 0.0920. The summed E-state index contributed by atoms with van der Waals surface area (Å²) in [6.07, 6.45) is 16.6. The Morgan fingerprint density at radius 3 is 1.54 bits per heavy atom. The number of hydrogen-bond donors (Lipinski definition) is 0. The van der Waals surface area contributed by atoms with Crippen LogP contribution in [0.15, 0.2) is 71.8 Å². The molecule has 13 aliphatic rings. The molecule has 0 amide bonds. The maximum Gasteiger partial charge on any atom is 0.136 e. The van der Waals surface area contributed by atoms with Crippen molar-refractivity contribution in [1.82, 2.24) is 0 Å². The molecular weight excluding hydrogens is 641 g/mol. The predicted octanol–water partition coefficient (Wildman–Crippen LogP) is 6.12. The number of rotatable bonds is 4. The third-order valence-electron chi connectivity index (χ3n) is 19.1. The van der Waals surface area contributed by atoms with Crippen molar-refractivity contribution in [3.63, 3.8) is 0 Å². The molecule has 9 aliphatic heterocycles.